The van der Waals surface area contributed by atoms with Gasteiger partial charge >= 0.3 is 0 Å². The number of nitrogens with zero attached hydrogens (tertiary/aromatic N) is 1. The number of anilines is 3. The van der Waals surface area contributed by atoms with Gasteiger partial charge in [-0.2, -0.15) is 0 Å². The lowest BCUT2D eigenvalue weighted by molar-refractivity contribution is 0.591. The molecule has 0 N–H and O–H groups in total. The number of allylic oxidation sites excluding steroid dienone is 1. The SMILES string of the molecule is Cc1cccc(N(c2ccccc2)c2c3c(c(C)c4cc(C(C)(C)C)ccc24)CCC=C3)c1. The van der Waals surface area contributed by atoms with Crippen molar-refractivity contribution in [3.63, 3.8) is 0 Å². The Bertz CT molecular complexity index is 1350. The predicted molar refractivity (Wildman–Crippen MR) is 144 cm³/mol. The zero-order valence-corrected chi connectivity index (χ0v) is 20.4. The normalized spacial score (nSPS) is 13.2. The third-order valence-electron chi connectivity index (χ3n) is 6.92. The molecule has 0 atom stereocenters. The van der Waals surface area contributed by atoms with Gasteiger partial charge in [-0.1, -0.05) is 81.5 Å². The maximum absolute atomic E-state index is 2.46. The molecule has 0 saturated heterocycles. The molecule has 0 unspecified atom stereocenters. The summed E-state index contributed by atoms with van der Waals surface area (Å²) in [7, 11) is 0. The molecule has 4 aromatic carbocycles. The standard InChI is InChI=1S/C32H33N/c1-22-12-11-15-26(20-22)33(25-13-7-6-8-14-25)31-28-17-10-9-16-27(28)23(2)30-21-24(32(3,4)5)18-19-29(30)31/h6-8,10-15,17-21H,9,16H2,1-5H3. The van der Waals surface area contributed by atoms with E-state index in [1.165, 1.54) is 55.7 Å². The van der Waals surface area contributed by atoms with Gasteiger partial charge in [-0.15, -0.1) is 0 Å². The van der Waals surface area contributed by atoms with Crippen LogP contribution in [0.25, 0.3) is 16.8 Å². The highest BCUT2D eigenvalue weighted by Crippen LogP contribution is 2.46. The van der Waals surface area contributed by atoms with E-state index in [9.17, 15) is 0 Å². The van der Waals surface area contributed by atoms with Gasteiger partial charge in [-0.3, -0.25) is 0 Å². The molecule has 33 heavy (non-hydrogen) atoms. The van der Waals surface area contributed by atoms with Crippen molar-refractivity contribution in [2.75, 3.05) is 4.90 Å². The highest BCUT2D eigenvalue weighted by atomic mass is 15.1. The minimum Gasteiger partial charge on any atom is -0.309 e. The second-order valence-electron chi connectivity index (χ2n) is 10.3. The fourth-order valence-electron chi connectivity index (χ4n) is 5.10. The minimum absolute atomic E-state index is 0.117. The molecule has 1 nitrogen and oxygen atoms in total. The minimum atomic E-state index is 0.117. The molecule has 0 aliphatic heterocycles. The highest BCUT2D eigenvalue weighted by Gasteiger charge is 2.25. The van der Waals surface area contributed by atoms with Crippen LogP contribution < -0.4 is 4.90 Å². The zero-order valence-electron chi connectivity index (χ0n) is 20.4. The Morgan fingerprint density at radius 1 is 0.758 bits per heavy atom. The first-order chi connectivity index (χ1) is 15.8. The number of hydrogen-bond acceptors (Lipinski definition) is 1. The van der Waals surface area contributed by atoms with Gasteiger partial charge in [0.05, 0.1) is 5.69 Å². The van der Waals surface area contributed by atoms with Crippen molar-refractivity contribution < 1.29 is 0 Å². The van der Waals surface area contributed by atoms with Crippen molar-refractivity contribution in [2.45, 2.75) is 52.9 Å². The molecule has 1 aliphatic carbocycles. The second kappa shape index (κ2) is 8.23. The number of para-hydroxylation sites is 1. The zero-order chi connectivity index (χ0) is 23.2. The van der Waals surface area contributed by atoms with Crippen LogP contribution in [-0.4, -0.2) is 0 Å². The van der Waals surface area contributed by atoms with Gasteiger partial charge in [0.2, 0.25) is 0 Å². The quantitative estimate of drug-likeness (QED) is 0.312. The van der Waals surface area contributed by atoms with Crippen LogP contribution in [0.4, 0.5) is 17.1 Å². The van der Waals surface area contributed by atoms with Crippen molar-refractivity contribution >= 4 is 33.9 Å². The molecule has 0 aromatic heterocycles. The lowest BCUT2D eigenvalue weighted by Gasteiger charge is -2.32. The lowest BCUT2D eigenvalue weighted by Crippen LogP contribution is -2.15. The third-order valence-corrected chi connectivity index (χ3v) is 6.92. The first-order valence-corrected chi connectivity index (χ1v) is 12.0. The molecule has 1 heteroatoms. The van der Waals surface area contributed by atoms with Gasteiger partial charge in [-0.25, -0.2) is 0 Å². The molecule has 4 aromatic rings. The highest BCUT2D eigenvalue weighted by molar-refractivity contribution is 6.06. The van der Waals surface area contributed by atoms with Gasteiger partial charge < -0.3 is 4.90 Å². The largest absolute Gasteiger partial charge is 0.309 e. The van der Waals surface area contributed by atoms with E-state index < -0.39 is 0 Å². The predicted octanol–water partition coefficient (Wildman–Crippen LogP) is 9.18. The van der Waals surface area contributed by atoms with Crippen LogP contribution in [0.1, 0.15) is 55.0 Å². The first-order valence-electron chi connectivity index (χ1n) is 12.0. The van der Waals surface area contributed by atoms with Crippen molar-refractivity contribution in [1.82, 2.24) is 0 Å². The molecule has 0 spiro atoms. The van der Waals surface area contributed by atoms with Crippen LogP contribution in [0, 0.1) is 13.8 Å². The average Bonchev–Trinajstić information content (AvgIpc) is 2.81. The van der Waals surface area contributed by atoms with Gasteiger partial charge in [0.25, 0.3) is 0 Å². The Kier molecular flexibility index (Phi) is 5.37. The van der Waals surface area contributed by atoms with E-state index >= 15 is 0 Å². The van der Waals surface area contributed by atoms with Crippen molar-refractivity contribution in [2.24, 2.45) is 0 Å². The monoisotopic (exact) mass is 431 g/mol. The second-order valence-corrected chi connectivity index (χ2v) is 10.3. The molecule has 0 bridgehead atoms. The Morgan fingerprint density at radius 3 is 2.24 bits per heavy atom. The molecule has 0 amide bonds. The fourth-order valence-corrected chi connectivity index (χ4v) is 5.10. The average molecular weight is 432 g/mol. The van der Waals surface area contributed by atoms with Crippen LogP contribution in [0.3, 0.4) is 0 Å². The summed E-state index contributed by atoms with van der Waals surface area (Å²) in [6, 6.07) is 26.8. The molecule has 0 saturated carbocycles. The number of fused-ring (bicyclic) bond motifs is 2. The molecular weight excluding hydrogens is 398 g/mol. The maximum atomic E-state index is 2.46. The smallest absolute Gasteiger partial charge is 0.0615 e. The summed E-state index contributed by atoms with van der Waals surface area (Å²) in [5.41, 5.74) is 10.7. The fraction of sp³-hybridized carbons (Fsp3) is 0.250. The van der Waals surface area contributed by atoms with Gasteiger partial charge in [0, 0.05) is 22.3 Å². The summed E-state index contributed by atoms with van der Waals surface area (Å²) < 4.78 is 0. The summed E-state index contributed by atoms with van der Waals surface area (Å²) in [5.74, 6) is 0. The Labute approximate surface area is 198 Å². The van der Waals surface area contributed by atoms with E-state index in [0.717, 1.165) is 12.8 Å². The van der Waals surface area contributed by atoms with Crippen LogP contribution in [-0.2, 0) is 11.8 Å². The van der Waals surface area contributed by atoms with E-state index in [0.29, 0.717) is 0 Å². The third kappa shape index (κ3) is 3.86. The summed E-state index contributed by atoms with van der Waals surface area (Å²) in [6.07, 6.45) is 6.88. The molecule has 166 valence electrons. The van der Waals surface area contributed by atoms with Crippen molar-refractivity contribution in [3.8, 4) is 0 Å². The van der Waals surface area contributed by atoms with Crippen molar-refractivity contribution in [1.29, 1.82) is 0 Å². The van der Waals surface area contributed by atoms with Crippen LogP contribution in [0.15, 0.2) is 78.9 Å². The Morgan fingerprint density at radius 2 is 1.52 bits per heavy atom. The Hall–Kier alpha value is -3.32. The van der Waals surface area contributed by atoms with Crippen LogP contribution >= 0.6 is 0 Å². The molecular formula is C32H33N. The summed E-state index contributed by atoms with van der Waals surface area (Å²) in [4.78, 5) is 2.46. The summed E-state index contributed by atoms with van der Waals surface area (Å²) in [5, 5.41) is 2.69. The molecule has 0 radical (unpaired) electrons. The van der Waals surface area contributed by atoms with E-state index in [1.54, 1.807) is 0 Å². The van der Waals surface area contributed by atoms with Crippen molar-refractivity contribution in [3.05, 3.63) is 107 Å². The van der Waals surface area contributed by atoms with Crippen LogP contribution in [0.5, 0.6) is 0 Å². The van der Waals surface area contributed by atoms with E-state index in [1.807, 2.05) is 0 Å². The van der Waals surface area contributed by atoms with E-state index in [2.05, 4.69) is 124 Å². The van der Waals surface area contributed by atoms with Gasteiger partial charge in [-0.05, 0) is 84.0 Å². The van der Waals surface area contributed by atoms with E-state index in [-0.39, 0.29) is 5.41 Å². The first kappa shape index (κ1) is 21.5. The molecule has 0 heterocycles. The maximum Gasteiger partial charge on any atom is 0.0615 e. The lowest BCUT2D eigenvalue weighted by atomic mass is 9.82. The molecule has 1 aliphatic rings. The Balaban J connectivity index is 1.90. The number of rotatable bonds is 3. The van der Waals surface area contributed by atoms with Crippen LogP contribution in [0.2, 0.25) is 0 Å². The summed E-state index contributed by atoms with van der Waals surface area (Å²) in [6.45, 7) is 11.4. The molecule has 5 rings (SSSR count). The number of hydrogen-bond donors (Lipinski definition) is 0. The van der Waals surface area contributed by atoms with E-state index in [4.69, 9.17) is 0 Å². The summed E-state index contributed by atoms with van der Waals surface area (Å²) >= 11 is 0. The van der Waals surface area contributed by atoms with Gasteiger partial charge in [0.15, 0.2) is 0 Å². The topological polar surface area (TPSA) is 3.24 Å². The van der Waals surface area contributed by atoms with Gasteiger partial charge in [0.1, 0.15) is 0 Å². The number of benzene rings is 4. The molecule has 0 fully saturated rings. The number of aryl methyl sites for hydroxylation is 2.